The van der Waals surface area contributed by atoms with Gasteiger partial charge in [0, 0.05) is 12.8 Å². The molecule has 0 aliphatic carbocycles. The lowest BCUT2D eigenvalue weighted by atomic mass is 9.83. The van der Waals surface area contributed by atoms with Crippen LogP contribution >= 0.6 is 8.25 Å². The van der Waals surface area contributed by atoms with Gasteiger partial charge in [0.25, 0.3) is 0 Å². The highest BCUT2D eigenvalue weighted by molar-refractivity contribution is 7.33. The van der Waals surface area contributed by atoms with E-state index >= 15 is 0 Å². The Morgan fingerprint density at radius 3 is 1.42 bits per heavy atom. The minimum Gasteiger partial charge on any atom is -0.303 e. The van der Waals surface area contributed by atoms with Crippen molar-refractivity contribution in [3.8, 4) is 0 Å². The largest absolute Gasteiger partial charge is 0.319 e. The second-order valence-corrected chi connectivity index (χ2v) is 9.16. The van der Waals surface area contributed by atoms with Gasteiger partial charge in [0.15, 0.2) is 11.6 Å². The Balaban J connectivity index is 4.06. The zero-order valence-corrected chi connectivity index (χ0v) is 17.2. The van der Waals surface area contributed by atoms with Crippen LogP contribution < -0.4 is 0 Å². The van der Waals surface area contributed by atoms with E-state index in [9.17, 15) is 14.2 Å². The van der Waals surface area contributed by atoms with Crippen molar-refractivity contribution in [2.24, 2.45) is 10.8 Å². The first-order chi connectivity index (χ1) is 11.0. The average Bonchev–Trinajstić information content (AvgIpc) is 2.41. The molecule has 0 saturated carbocycles. The van der Waals surface area contributed by atoms with Crippen molar-refractivity contribution in [1.29, 1.82) is 0 Å². The summed E-state index contributed by atoms with van der Waals surface area (Å²) in [7, 11) is -2.81. The van der Waals surface area contributed by atoms with Crippen LogP contribution in [0.4, 0.5) is 0 Å². The van der Waals surface area contributed by atoms with Gasteiger partial charge in [-0.3, -0.25) is 14.2 Å². The maximum Gasteiger partial charge on any atom is 0.319 e. The summed E-state index contributed by atoms with van der Waals surface area (Å²) in [5, 5.41) is 0. The number of carbonyl (C=O) groups excluding carboxylic acids is 2. The highest BCUT2D eigenvalue weighted by Crippen LogP contribution is 2.30. The monoisotopic (exact) mass is 362 g/mol. The highest BCUT2D eigenvalue weighted by Gasteiger charge is 2.23. The molecule has 0 radical (unpaired) electrons. The highest BCUT2D eigenvalue weighted by atomic mass is 31.1. The third-order valence-corrected chi connectivity index (χ3v) is 4.67. The first-order valence-electron chi connectivity index (χ1n) is 8.84. The smallest absolute Gasteiger partial charge is 0.303 e. The first kappa shape index (κ1) is 23.5. The van der Waals surface area contributed by atoms with Crippen LogP contribution in [0.1, 0.15) is 80.1 Å². The van der Waals surface area contributed by atoms with Crippen LogP contribution in [0.5, 0.6) is 0 Å². The van der Waals surface area contributed by atoms with E-state index in [0.29, 0.717) is 12.8 Å². The number of Topliss-reactive ketones (excluding diaryl/α,β-unsaturated/α-hetero) is 2. The molecule has 6 heteroatoms. The van der Waals surface area contributed by atoms with Gasteiger partial charge in [0.2, 0.25) is 0 Å². The molecule has 0 amide bonds. The Bertz CT molecular complexity index is 391. The zero-order valence-electron chi connectivity index (χ0n) is 16.2. The maximum absolute atomic E-state index is 11.9. The van der Waals surface area contributed by atoms with E-state index < -0.39 is 8.25 Å². The Hall–Kier alpha value is -0.510. The van der Waals surface area contributed by atoms with Gasteiger partial charge >= 0.3 is 8.25 Å². The molecule has 0 aromatic rings. The molecule has 0 heterocycles. The molecule has 0 bridgehead atoms. The molecule has 0 N–H and O–H groups in total. The van der Waals surface area contributed by atoms with Crippen molar-refractivity contribution in [3.63, 3.8) is 0 Å². The standard InChI is InChI=1S/C18H35O5P/c1-7-9-17(3,4)11-15(19)13-22-24(21)23-14-16(20)12-18(5,6)10-8-2/h24H,7-14H2,1-6H3. The normalized spacial score (nSPS) is 12.6. The fourth-order valence-corrected chi connectivity index (χ4v) is 3.66. The lowest BCUT2D eigenvalue weighted by Crippen LogP contribution is -2.20. The number of hydrogen-bond donors (Lipinski definition) is 0. The average molecular weight is 362 g/mol. The SMILES string of the molecule is CCCC(C)(C)CC(=O)CO[PH](=O)OCC(=O)CC(C)(C)CCC. The molecule has 0 spiro atoms. The molecule has 0 aliphatic rings. The third-order valence-electron chi connectivity index (χ3n) is 3.91. The van der Waals surface area contributed by atoms with E-state index in [1.807, 2.05) is 27.7 Å². The summed E-state index contributed by atoms with van der Waals surface area (Å²) in [5.74, 6) is -0.184. The van der Waals surface area contributed by atoms with E-state index in [1.54, 1.807) is 0 Å². The third kappa shape index (κ3) is 11.9. The van der Waals surface area contributed by atoms with Crippen LogP contribution in [0.25, 0.3) is 0 Å². The van der Waals surface area contributed by atoms with Gasteiger partial charge < -0.3 is 9.05 Å². The van der Waals surface area contributed by atoms with Crippen molar-refractivity contribution in [1.82, 2.24) is 0 Å². The van der Waals surface area contributed by atoms with E-state index in [1.165, 1.54) is 0 Å². The molecule has 0 fully saturated rings. The van der Waals surface area contributed by atoms with Crippen molar-refractivity contribution >= 4 is 19.8 Å². The fourth-order valence-electron chi connectivity index (χ4n) is 3.02. The van der Waals surface area contributed by atoms with Gasteiger partial charge in [0.05, 0.1) is 0 Å². The summed E-state index contributed by atoms with van der Waals surface area (Å²) in [6.45, 7) is 11.8. The van der Waals surface area contributed by atoms with Crippen LogP contribution in [-0.2, 0) is 23.2 Å². The second-order valence-electron chi connectivity index (χ2n) is 8.09. The fraction of sp³-hybridized carbons (Fsp3) is 0.889. The van der Waals surface area contributed by atoms with E-state index in [0.717, 1.165) is 25.7 Å². The molecule has 0 saturated heterocycles. The minimum atomic E-state index is -2.81. The lowest BCUT2D eigenvalue weighted by molar-refractivity contribution is -0.123. The van der Waals surface area contributed by atoms with Gasteiger partial charge in [-0.05, 0) is 23.7 Å². The predicted octanol–water partition coefficient (Wildman–Crippen LogP) is 4.98. The molecule has 24 heavy (non-hydrogen) atoms. The molecule has 0 rings (SSSR count). The van der Waals surface area contributed by atoms with Gasteiger partial charge in [-0.2, -0.15) is 0 Å². The Labute approximate surface area is 147 Å². The Morgan fingerprint density at radius 2 is 1.12 bits per heavy atom. The van der Waals surface area contributed by atoms with Crippen LogP contribution in [0.3, 0.4) is 0 Å². The number of hydrogen-bond acceptors (Lipinski definition) is 5. The molecular formula is C18H35O5P. The molecule has 142 valence electrons. The van der Waals surface area contributed by atoms with Crippen molar-refractivity contribution in [2.75, 3.05) is 13.2 Å². The maximum atomic E-state index is 11.9. The zero-order chi connectivity index (χ0) is 18.8. The summed E-state index contributed by atoms with van der Waals surface area (Å²) >= 11 is 0. The first-order valence-corrected chi connectivity index (χ1v) is 10.1. The summed E-state index contributed by atoms with van der Waals surface area (Å²) in [6, 6.07) is 0. The summed E-state index contributed by atoms with van der Waals surface area (Å²) in [4.78, 5) is 23.7. The Morgan fingerprint density at radius 1 is 0.792 bits per heavy atom. The van der Waals surface area contributed by atoms with Gasteiger partial charge in [-0.25, -0.2) is 0 Å². The summed E-state index contributed by atoms with van der Waals surface area (Å²) < 4.78 is 21.6. The van der Waals surface area contributed by atoms with Crippen molar-refractivity contribution in [3.05, 3.63) is 0 Å². The van der Waals surface area contributed by atoms with Crippen molar-refractivity contribution in [2.45, 2.75) is 80.1 Å². The lowest BCUT2D eigenvalue weighted by Gasteiger charge is -2.23. The molecule has 5 nitrogen and oxygen atoms in total. The van der Waals surface area contributed by atoms with Gasteiger partial charge in [0.1, 0.15) is 13.2 Å². The van der Waals surface area contributed by atoms with Gasteiger partial charge in [-0.15, -0.1) is 0 Å². The van der Waals surface area contributed by atoms with Crippen molar-refractivity contribution < 1.29 is 23.2 Å². The quantitative estimate of drug-likeness (QED) is 0.408. The van der Waals surface area contributed by atoms with Crippen LogP contribution in [-0.4, -0.2) is 24.8 Å². The Kier molecular flexibility index (Phi) is 10.9. The number of carbonyl (C=O) groups is 2. The molecular weight excluding hydrogens is 327 g/mol. The minimum absolute atomic E-state index is 0.0767. The van der Waals surface area contributed by atoms with E-state index in [2.05, 4.69) is 13.8 Å². The van der Waals surface area contributed by atoms with Crippen LogP contribution in [0, 0.1) is 10.8 Å². The molecule has 0 atom stereocenters. The summed E-state index contributed by atoms with van der Waals surface area (Å²) in [6.07, 6.45) is 4.70. The molecule has 0 unspecified atom stereocenters. The summed E-state index contributed by atoms with van der Waals surface area (Å²) in [5.41, 5.74) is -0.153. The number of ketones is 2. The number of rotatable bonds is 14. The van der Waals surface area contributed by atoms with E-state index in [4.69, 9.17) is 9.05 Å². The van der Waals surface area contributed by atoms with E-state index in [-0.39, 0.29) is 35.6 Å². The topological polar surface area (TPSA) is 69.7 Å². The van der Waals surface area contributed by atoms with Crippen LogP contribution in [0.15, 0.2) is 0 Å². The van der Waals surface area contributed by atoms with Gasteiger partial charge in [-0.1, -0.05) is 54.4 Å². The molecule has 0 aromatic heterocycles. The molecule has 0 aliphatic heterocycles. The van der Waals surface area contributed by atoms with Crippen LogP contribution in [0.2, 0.25) is 0 Å². The second kappa shape index (κ2) is 11.2. The molecule has 0 aromatic carbocycles. The predicted molar refractivity (Wildman–Crippen MR) is 97.5 cm³/mol.